The number of aromatic nitrogens is 1. The highest BCUT2D eigenvalue weighted by Gasteiger charge is 2.26. The van der Waals surface area contributed by atoms with Crippen LogP contribution in [0.25, 0.3) is 16.5 Å². The average Bonchev–Trinajstić information content (AvgIpc) is 2.87. The monoisotopic (exact) mass is 456 g/mol. The Morgan fingerprint density at radius 2 is 1.79 bits per heavy atom. The highest BCUT2D eigenvalue weighted by atomic mass is 19.1. The second kappa shape index (κ2) is 9.15. The summed E-state index contributed by atoms with van der Waals surface area (Å²) < 4.78 is 29.9. The Bertz CT molecular complexity index is 1470. The third-order valence-corrected chi connectivity index (χ3v) is 6.20. The van der Waals surface area contributed by atoms with Gasteiger partial charge in [-0.1, -0.05) is 36.4 Å². The number of ketones is 1. The molecule has 5 rings (SSSR count). The number of carbonyl (C=O) groups excluding carboxylic acids is 1. The van der Waals surface area contributed by atoms with Crippen molar-refractivity contribution in [2.24, 2.45) is 0 Å². The Labute approximate surface area is 195 Å². The van der Waals surface area contributed by atoms with Crippen LogP contribution in [0.2, 0.25) is 0 Å². The molecule has 1 aromatic heterocycles. The number of hydrogen-bond donors (Lipinski definition) is 1. The van der Waals surface area contributed by atoms with Crippen molar-refractivity contribution in [2.45, 2.75) is 19.0 Å². The first kappa shape index (κ1) is 21.9. The van der Waals surface area contributed by atoms with Crippen LogP contribution in [0.15, 0.2) is 89.9 Å². The van der Waals surface area contributed by atoms with Gasteiger partial charge in [-0.05, 0) is 59.5 Å². The van der Waals surface area contributed by atoms with E-state index < -0.39 is 11.9 Å². The zero-order chi connectivity index (χ0) is 23.7. The summed E-state index contributed by atoms with van der Waals surface area (Å²) in [5.74, 6) is -1.21. The number of nitrogens with one attached hydrogen (secondary N) is 1. The lowest BCUT2D eigenvalue weighted by atomic mass is 9.90. The molecule has 1 aliphatic heterocycles. The van der Waals surface area contributed by atoms with E-state index >= 15 is 0 Å². The van der Waals surface area contributed by atoms with Gasteiger partial charge in [-0.15, -0.1) is 0 Å². The molecule has 0 radical (unpaired) electrons. The summed E-state index contributed by atoms with van der Waals surface area (Å²) in [6, 6.07) is 18.9. The second-order valence-corrected chi connectivity index (χ2v) is 8.40. The smallest absolute Gasteiger partial charge is 0.189 e. The Balaban J connectivity index is 1.40. The van der Waals surface area contributed by atoms with E-state index in [9.17, 15) is 18.4 Å². The maximum Gasteiger partial charge on any atom is 0.189 e. The molecule has 1 N–H and O–H groups in total. The van der Waals surface area contributed by atoms with Crippen LogP contribution in [-0.2, 0) is 6.54 Å². The van der Waals surface area contributed by atoms with E-state index in [2.05, 4.69) is 5.32 Å². The zero-order valence-electron chi connectivity index (χ0n) is 18.3. The summed E-state index contributed by atoms with van der Waals surface area (Å²) in [5, 5.41) is 3.76. The van der Waals surface area contributed by atoms with E-state index in [1.807, 2.05) is 28.8 Å². The van der Waals surface area contributed by atoms with Crippen LogP contribution in [0, 0.1) is 11.6 Å². The molecule has 34 heavy (non-hydrogen) atoms. The molecule has 0 saturated carbocycles. The molecule has 0 amide bonds. The highest BCUT2D eigenvalue weighted by Crippen LogP contribution is 2.25. The summed E-state index contributed by atoms with van der Waals surface area (Å²) in [4.78, 5) is 25.4. The lowest BCUT2D eigenvalue weighted by Crippen LogP contribution is -2.40. The maximum atomic E-state index is 14.7. The van der Waals surface area contributed by atoms with Gasteiger partial charge in [0.25, 0.3) is 0 Å². The molecule has 1 aliphatic rings. The average molecular weight is 456 g/mol. The number of nitrogens with zero attached hydrogens (tertiary/aromatic N) is 1. The molecule has 0 aliphatic carbocycles. The van der Waals surface area contributed by atoms with Gasteiger partial charge >= 0.3 is 0 Å². The van der Waals surface area contributed by atoms with Gasteiger partial charge in [0.05, 0.1) is 17.1 Å². The number of Topliss-reactive ketones (excluding diaryl/α,β-unsaturated/α-hetero) is 1. The second-order valence-electron chi connectivity index (χ2n) is 8.40. The molecule has 1 unspecified atom stereocenters. The lowest BCUT2D eigenvalue weighted by Gasteiger charge is -2.24. The number of rotatable bonds is 5. The summed E-state index contributed by atoms with van der Waals surface area (Å²) in [7, 11) is 0. The minimum absolute atomic E-state index is 0.0284. The zero-order valence-corrected chi connectivity index (χ0v) is 18.3. The molecular formula is C28H22F2N2O2. The van der Waals surface area contributed by atoms with Gasteiger partial charge in [-0.3, -0.25) is 9.59 Å². The molecule has 6 heteroatoms. The Morgan fingerprint density at radius 1 is 1.00 bits per heavy atom. The predicted octanol–water partition coefficient (Wildman–Crippen LogP) is 4.96. The number of halogens is 2. The van der Waals surface area contributed by atoms with Crippen LogP contribution in [-0.4, -0.2) is 22.9 Å². The summed E-state index contributed by atoms with van der Waals surface area (Å²) in [5.41, 5.74) is 3.27. The molecule has 170 valence electrons. The first-order valence-electron chi connectivity index (χ1n) is 11.1. The maximum absolute atomic E-state index is 14.7. The van der Waals surface area contributed by atoms with Gasteiger partial charge in [0.2, 0.25) is 0 Å². The Hall–Kier alpha value is -3.90. The number of carbonyl (C=O) groups is 1. The van der Waals surface area contributed by atoms with Crippen molar-refractivity contribution in [1.29, 1.82) is 0 Å². The number of benzene rings is 3. The number of para-hydroxylation sites is 1. The van der Waals surface area contributed by atoms with Gasteiger partial charge in [0.15, 0.2) is 11.2 Å². The quantitative estimate of drug-likeness (QED) is 0.432. The van der Waals surface area contributed by atoms with E-state index in [0.717, 1.165) is 22.2 Å². The summed E-state index contributed by atoms with van der Waals surface area (Å²) in [6.07, 6.45) is 4.06. The van der Waals surface area contributed by atoms with Crippen molar-refractivity contribution in [3.05, 3.63) is 124 Å². The molecule has 0 fully saturated rings. The molecule has 1 atom stereocenters. The van der Waals surface area contributed by atoms with Crippen LogP contribution in [0.3, 0.4) is 0 Å². The first-order valence-corrected chi connectivity index (χ1v) is 11.1. The van der Waals surface area contributed by atoms with Crippen molar-refractivity contribution in [3.8, 4) is 0 Å². The fourth-order valence-corrected chi connectivity index (χ4v) is 4.43. The molecule has 4 aromatic rings. The number of hydrogen-bond acceptors (Lipinski definition) is 3. The van der Waals surface area contributed by atoms with Gasteiger partial charge < -0.3 is 9.88 Å². The molecule has 0 spiro atoms. The van der Waals surface area contributed by atoms with Crippen LogP contribution >= 0.6 is 0 Å². The third kappa shape index (κ3) is 4.32. The van der Waals surface area contributed by atoms with Gasteiger partial charge in [-0.2, -0.15) is 0 Å². The Kier molecular flexibility index (Phi) is 5.90. The lowest BCUT2D eigenvalue weighted by molar-refractivity contribution is 0.0941. The number of pyridine rings is 1. The van der Waals surface area contributed by atoms with Crippen LogP contribution in [0.5, 0.6) is 0 Å². The van der Waals surface area contributed by atoms with Crippen molar-refractivity contribution in [2.75, 3.05) is 6.54 Å². The minimum atomic E-state index is -0.581. The van der Waals surface area contributed by atoms with Crippen molar-refractivity contribution in [1.82, 2.24) is 9.88 Å². The third-order valence-electron chi connectivity index (χ3n) is 6.20. The van der Waals surface area contributed by atoms with Crippen LogP contribution in [0.1, 0.15) is 27.9 Å². The van der Waals surface area contributed by atoms with E-state index in [1.165, 1.54) is 24.3 Å². The molecule has 3 aromatic carbocycles. The predicted molar refractivity (Wildman–Crippen MR) is 129 cm³/mol. The topological polar surface area (TPSA) is 51.1 Å². The van der Waals surface area contributed by atoms with Crippen LogP contribution < -0.4 is 10.7 Å². The number of fused-ring (bicyclic) bond motifs is 1. The van der Waals surface area contributed by atoms with E-state index in [4.69, 9.17) is 0 Å². The first-order chi connectivity index (χ1) is 16.5. The summed E-state index contributed by atoms with van der Waals surface area (Å²) in [6.45, 7) is 0.855. The molecule has 0 bridgehead atoms. The molecule has 0 saturated heterocycles. The fourth-order valence-electron chi connectivity index (χ4n) is 4.43. The van der Waals surface area contributed by atoms with Crippen LogP contribution in [0.4, 0.5) is 8.78 Å². The van der Waals surface area contributed by atoms with E-state index in [-0.39, 0.29) is 22.6 Å². The normalized spacial score (nSPS) is 15.8. The van der Waals surface area contributed by atoms with E-state index in [1.54, 1.807) is 36.5 Å². The van der Waals surface area contributed by atoms with Gasteiger partial charge in [0.1, 0.15) is 11.6 Å². The minimum Gasteiger partial charge on any atom is -0.343 e. The SMILES string of the molecule is O=C(c1cc(Cn2ccc(=O)c3ccccc32)ccc1F)C1CC(c2ccc(F)cc2)=CCN1. The van der Waals surface area contributed by atoms with Gasteiger partial charge in [-0.25, -0.2) is 8.78 Å². The summed E-state index contributed by atoms with van der Waals surface area (Å²) >= 11 is 0. The Morgan fingerprint density at radius 3 is 2.62 bits per heavy atom. The largest absolute Gasteiger partial charge is 0.343 e. The standard InChI is InChI=1S/C28H22F2N2O2/c29-21-8-6-19(7-9-21)20-11-13-31-25(16-20)28(34)23-15-18(5-10-24(23)30)17-32-14-12-27(33)22-3-1-2-4-26(22)32/h1-12,14-15,25,31H,13,16-17H2. The van der Waals surface area contributed by atoms with Crippen molar-refractivity contribution >= 4 is 22.3 Å². The highest BCUT2D eigenvalue weighted by molar-refractivity contribution is 6.01. The van der Waals surface area contributed by atoms with Gasteiger partial charge in [0, 0.05) is 30.7 Å². The molecule has 2 heterocycles. The molecule has 4 nitrogen and oxygen atoms in total. The molecular weight excluding hydrogens is 434 g/mol. The van der Waals surface area contributed by atoms with E-state index in [0.29, 0.717) is 24.9 Å². The van der Waals surface area contributed by atoms with Crippen molar-refractivity contribution in [3.63, 3.8) is 0 Å². The van der Waals surface area contributed by atoms with Crippen molar-refractivity contribution < 1.29 is 13.6 Å². The fraction of sp³-hybridized carbons (Fsp3) is 0.143.